The van der Waals surface area contributed by atoms with Crippen LogP contribution in [0.2, 0.25) is 0 Å². The van der Waals surface area contributed by atoms with Gasteiger partial charge < -0.3 is 9.32 Å². The van der Waals surface area contributed by atoms with Crippen LogP contribution in [0.3, 0.4) is 0 Å². The van der Waals surface area contributed by atoms with Crippen LogP contribution in [0.5, 0.6) is 0 Å². The largest absolute Gasteiger partial charge is 0.423 e. The van der Waals surface area contributed by atoms with Gasteiger partial charge in [-0.1, -0.05) is 13.0 Å². The minimum absolute atomic E-state index is 0.0296. The van der Waals surface area contributed by atoms with E-state index in [1.807, 2.05) is 6.92 Å². The third kappa shape index (κ3) is 2.42. The Labute approximate surface area is 148 Å². The number of nitrogens with zero attached hydrogens (tertiary/aromatic N) is 3. The van der Waals surface area contributed by atoms with Gasteiger partial charge in [-0.05, 0) is 43.4 Å². The van der Waals surface area contributed by atoms with Crippen LogP contribution in [0.1, 0.15) is 53.9 Å². The zero-order chi connectivity index (χ0) is 18.5. The normalized spacial score (nSPS) is 25.1. The van der Waals surface area contributed by atoms with Gasteiger partial charge in [-0.3, -0.25) is 4.79 Å². The number of alkyl halides is 3. The minimum atomic E-state index is -4.49. The zero-order valence-corrected chi connectivity index (χ0v) is 14.2. The smallest absolute Gasteiger partial charge is 0.416 e. The van der Waals surface area contributed by atoms with Gasteiger partial charge in [0.2, 0.25) is 11.8 Å². The van der Waals surface area contributed by atoms with Gasteiger partial charge in [0, 0.05) is 18.5 Å². The predicted octanol–water partition coefficient (Wildman–Crippen LogP) is 3.80. The number of amides is 1. The monoisotopic (exact) mass is 365 g/mol. The second kappa shape index (κ2) is 5.82. The summed E-state index contributed by atoms with van der Waals surface area (Å²) < 4.78 is 44.7. The highest BCUT2D eigenvalue weighted by Crippen LogP contribution is 2.56. The van der Waals surface area contributed by atoms with Crippen molar-refractivity contribution >= 4 is 5.91 Å². The van der Waals surface area contributed by atoms with Crippen LogP contribution in [0, 0.1) is 5.92 Å². The van der Waals surface area contributed by atoms with E-state index in [0.717, 1.165) is 25.0 Å². The van der Waals surface area contributed by atoms with Crippen molar-refractivity contribution in [1.82, 2.24) is 15.1 Å². The minimum Gasteiger partial charge on any atom is -0.423 e. The lowest BCUT2D eigenvalue weighted by molar-refractivity contribution is -0.137. The van der Waals surface area contributed by atoms with Gasteiger partial charge in [0.05, 0.1) is 5.56 Å². The number of benzene rings is 1. The van der Waals surface area contributed by atoms with E-state index in [1.165, 1.54) is 12.1 Å². The zero-order valence-electron chi connectivity index (χ0n) is 14.2. The second-order valence-corrected chi connectivity index (χ2v) is 6.84. The van der Waals surface area contributed by atoms with Crippen molar-refractivity contribution in [2.45, 2.75) is 44.3 Å². The lowest BCUT2D eigenvalue weighted by Crippen LogP contribution is -2.54. The van der Waals surface area contributed by atoms with Gasteiger partial charge >= 0.3 is 6.18 Å². The predicted molar refractivity (Wildman–Crippen MR) is 85.2 cm³/mol. The van der Waals surface area contributed by atoms with E-state index in [-0.39, 0.29) is 11.5 Å². The Balaban J connectivity index is 1.69. The molecule has 1 amide bonds. The van der Waals surface area contributed by atoms with Crippen LogP contribution in [-0.2, 0) is 18.1 Å². The van der Waals surface area contributed by atoms with Crippen LogP contribution < -0.4 is 0 Å². The molecule has 1 aliphatic carbocycles. The van der Waals surface area contributed by atoms with E-state index in [2.05, 4.69) is 10.2 Å². The van der Waals surface area contributed by atoms with Crippen molar-refractivity contribution < 1.29 is 22.4 Å². The highest BCUT2D eigenvalue weighted by atomic mass is 19.4. The number of carbonyl (C=O) groups excluding carboxylic acids is 1. The van der Waals surface area contributed by atoms with Crippen LogP contribution >= 0.6 is 0 Å². The maximum absolute atomic E-state index is 13.0. The number of hydrogen-bond donors (Lipinski definition) is 0. The molecule has 1 aromatic heterocycles. The Morgan fingerprint density at radius 2 is 2.15 bits per heavy atom. The van der Waals surface area contributed by atoms with Crippen molar-refractivity contribution in [3.63, 3.8) is 0 Å². The van der Waals surface area contributed by atoms with Crippen LogP contribution in [-0.4, -0.2) is 27.5 Å². The molecule has 0 spiro atoms. The molecule has 138 valence electrons. The first-order valence-corrected chi connectivity index (χ1v) is 8.68. The molecule has 1 aromatic carbocycles. The summed E-state index contributed by atoms with van der Waals surface area (Å²) in [5.41, 5.74) is -1.47. The molecule has 26 heavy (non-hydrogen) atoms. The molecule has 1 saturated heterocycles. The Hall–Kier alpha value is -2.38. The maximum Gasteiger partial charge on any atom is 0.416 e. The second-order valence-electron chi connectivity index (χ2n) is 6.84. The summed E-state index contributed by atoms with van der Waals surface area (Å²) >= 11 is 0. The molecule has 2 aliphatic rings. The fraction of sp³-hybridized carbons (Fsp3) is 0.500. The number of aryl methyl sites for hydroxylation is 1. The summed E-state index contributed by atoms with van der Waals surface area (Å²) in [6.45, 7) is 2.37. The molecule has 2 heterocycles. The van der Waals surface area contributed by atoms with Crippen molar-refractivity contribution in [3.05, 3.63) is 47.2 Å². The maximum atomic E-state index is 13.0. The van der Waals surface area contributed by atoms with E-state index in [1.54, 1.807) is 4.90 Å². The fourth-order valence-corrected chi connectivity index (χ4v) is 4.08. The first-order valence-electron chi connectivity index (χ1n) is 8.68. The van der Waals surface area contributed by atoms with Gasteiger partial charge in [-0.15, -0.1) is 10.2 Å². The first kappa shape index (κ1) is 17.1. The fourth-order valence-electron chi connectivity index (χ4n) is 4.08. The molecular formula is C18H18F3N3O2. The SMILES string of the molecule is CCc1nnc([C@]23CC[C@H]2CCN3C(=O)c2cccc(C(F)(F)F)c2)o1. The van der Waals surface area contributed by atoms with Crippen molar-refractivity contribution in [2.24, 2.45) is 5.92 Å². The molecule has 4 rings (SSSR count). The van der Waals surface area contributed by atoms with E-state index >= 15 is 0 Å². The first-order chi connectivity index (χ1) is 12.4. The Morgan fingerprint density at radius 1 is 1.35 bits per heavy atom. The van der Waals surface area contributed by atoms with Crippen LogP contribution in [0.15, 0.2) is 28.7 Å². The quantitative estimate of drug-likeness (QED) is 0.830. The molecule has 0 bridgehead atoms. The molecule has 0 N–H and O–H groups in total. The van der Waals surface area contributed by atoms with Crippen LogP contribution in [0.25, 0.3) is 0 Å². The summed E-state index contributed by atoms with van der Waals surface area (Å²) in [5, 5.41) is 8.14. The number of fused-ring (bicyclic) bond motifs is 1. The Kier molecular flexibility index (Phi) is 3.82. The van der Waals surface area contributed by atoms with Gasteiger partial charge in [-0.25, -0.2) is 0 Å². The molecule has 2 atom stereocenters. The van der Waals surface area contributed by atoms with Gasteiger partial charge in [-0.2, -0.15) is 13.2 Å². The summed E-state index contributed by atoms with van der Waals surface area (Å²) in [7, 11) is 0. The number of likely N-dealkylation sites (tertiary alicyclic amines) is 1. The number of rotatable bonds is 3. The molecule has 1 aliphatic heterocycles. The highest BCUT2D eigenvalue weighted by molar-refractivity contribution is 5.95. The van der Waals surface area contributed by atoms with Crippen molar-refractivity contribution in [2.75, 3.05) is 6.54 Å². The molecule has 0 radical (unpaired) electrons. The van der Waals surface area contributed by atoms with E-state index in [9.17, 15) is 18.0 Å². The van der Waals surface area contributed by atoms with Crippen LogP contribution in [0.4, 0.5) is 13.2 Å². The van der Waals surface area contributed by atoms with E-state index < -0.39 is 23.2 Å². The average Bonchev–Trinajstić information content (AvgIpc) is 3.16. The molecule has 0 unspecified atom stereocenters. The Bertz CT molecular complexity index is 848. The molecule has 2 aromatic rings. The topological polar surface area (TPSA) is 59.2 Å². The molecule has 8 heteroatoms. The summed E-state index contributed by atoms with van der Waals surface area (Å²) in [6, 6.07) is 4.56. The molecule has 2 fully saturated rings. The number of halogens is 3. The molecular weight excluding hydrogens is 347 g/mol. The third-order valence-electron chi connectivity index (χ3n) is 5.55. The number of carbonyl (C=O) groups is 1. The molecule has 1 saturated carbocycles. The van der Waals surface area contributed by atoms with E-state index in [4.69, 9.17) is 4.42 Å². The standard InChI is InChI=1S/C18H18F3N3O2/c1-2-14-22-23-16(26-14)17-8-6-12(17)7-9-24(17)15(25)11-4-3-5-13(10-11)18(19,20)21/h3-5,10,12H,2,6-9H2,1H3/t12-,17-/m0/s1. The summed E-state index contributed by atoms with van der Waals surface area (Å²) in [4.78, 5) is 14.7. The summed E-state index contributed by atoms with van der Waals surface area (Å²) in [6.07, 6.45) is -1.48. The molecule has 5 nitrogen and oxygen atoms in total. The van der Waals surface area contributed by atoms with Gasteiger partial charge in [0.1, 0.15) is 5.54 Å². The average molecular weight is 365 g/mol. The van der Waals surface area contributed by atoms with Crippen molar-refractivity contribution in [1.29, 1.82) is 0 Å². The Morgan fingerprint density at radius 3 is 2.77 bits per heavy atom. The lowest BCUT2D eigenvalue weighted by Gasteiger charge is -2.47. The third-order valence-corrected chi connectivity index (χ3v) is 5.55. The number of hydrogen-bond acceptors (Lipinski definition) is 4. The van der Waals surface area contributed by atoms with Crippen molar-refractivity contribution in [3.8, 4) is 0 Å². The highest BCUT2D eigenvalue weighted by Gasteiger charge is 2.61. The lowest BCUT2D eigenvalue weighted by atomic mass is 9.67. The van der Waals surface area contributed by atoms with Gasteiger partial charge in [0.25, 0.3) is 5.91 Å². The number of aromatic nitrogens is 2. The van der Waals surface area contributed by atoms with Gasteiger partial charge in [0.15, 0.2) is 0 Å². The summed E-state index contributed by atoms with van der Waals surface area (Å²) in [5.74, 6) is 0.693. The van der Waals surface area contributed by atoms with E-state index in [0.29, 0.717) is 31.2 Å².